The van der Waals surface area contributed by atoms with Gasteiger partial charge >= 0.3 is 23.0 Å². The molecule has 0 spiro atoms. The van der Waals surface area contributed by atoms with Crippen molar-refractivity contribution in [2.45, 2.75) is 114 Å². The number of rotatable bonds is 18. The van der Waals surface area contributed by atoms with Gasteiger partial charge in [0.25, 0.3) is 16.7 Å². The van der Waals surface area contributed by atoms with Crippen molar-refractivity contribution in [3.63, 3.8) is 0 Å². The molecule has 0 unspecified atom stereocenters. The number of H-pyrrole nitrogens is 3. The maximum atomic E-state index is 13.3. The number of hydrogen-bond acceptors (Lipinski definition) is 16. The Morgan fingerprint density at radius 3 is 1.11 bits per heavy atom. The van der Waals surface area contributed by atoms with Crippen molar-refractivity contribution in [2.24, 2.45) is 0 Å². The minimum atomic E-state index is -0.766. The molecule has 22 nitrogen and oxygen atoms in total. The van der Waals surface area contributed by atoms with Crippen LogP contribution in [-0.4, -0.2) is 78.9 Å². The third kappa shape index (κ3) is 15.4. The van der Waals surface area contributed by atoms with E-state index < -0.39 is 57.1 Å². The van der Waals surface area contributed by atoms with E-state index in [1.165, 1.54) is 36.8 Å². The number of nitrogens with one attached hydrogen (secondary N) is 3. The van der Waals surface area contributed by atoms with Crippen molar-refractivity contribution in [1.29, 1.82) is 15.8 Å². The summed E-state index contributed by atoms with van der Waals surface area (Å²) in [6.07, 6.45) is 0. The average molecular weight is 1090 g/mol. The standard InChI is InChI=1S/C20H21N3O5.2C19H21N3O4/c1-11(2)16-17(18(25)15-8-12(3)7-14(9-15)10-21)23(5-6-28-13(4)24)20(27)22-19(16)26;1-11(2)15-16(22(5-6-26-4)19(25)21-18(15)24)17(23)14-8-12(3)7-13(9-14)10-20;1-5-26-10-22-16(15(11(2)3)18(24)21-19(22)25)17(23)14-7-12(4)6-13(8-14)9-20/h7-9,11H,5-6H2,1-4H3,(H,22,26,27);7-9,11H,5-6H2,1-4H3,(H,21,24,25);6-8,11H,5,10H2,1-4H3,(H,21,24,25). The number of aryl methyl sites for hydroxylation is 3. The van der Waals surface area contributed by atoms with Crippen molar-refractivity contribution < 1.29 is 33.4 Å². The molecule has 0 saturated carbocycles. The number of benzene rings is 3. The van der Waals surface area contributed by atoms with Crippen molar-refractivity contribution in [2.75, 3.05) is 26.9 Å². The van der Waals surface area contributed by atoms with Gasteiger partial charge in [-0.2, -0.15) is 15.8 Å². The quantitative estimate of drug-likeness (QED) is 0.0715. The molecular weight excluding hydrogens is 1030 g/mol. The molecule has 0 saturated heterocycles. The van der Waals surface area contributed by atoms with E-state index in [0.29, 0.717) is 28.9 Å². The second-order valence-electron chi connectivity index (χ2n) is 19.3. The number of ether oxygens (including phenoxy) is 3. The molecule has 3 N–H and O–H groups in total. The Morgan fingerprint density at radius 2 is 0.825 bits per heavy atom. The summed E-state index contributed by atoms with van der Waals surface area (Å²) in [5.41, 5.74) is 0.535. The lowest BCUT2D eigenvalue weighted by atomic mass is 9.95. The van der Waals surface area contributed by atoms with Gasteiger partial charge in [0.05, 0.1) is 54.6 Å². The minimum absolute atomic E-state index is 0.00307. The second kappa shape index (κ2) is 28.3. The van der Waals surface area contributed by atoms with Gasteiger partial charge < -0.3 is 14.2 Å². The highest BCUT2D eigenvalue weighted by Crippen LogP contribution is 2.23. The first kappa shape index (κ1) is 63.1. The zero-order valence-corrected chi connectivity index (χ0v) is 46.7. The molecule has 6 rings (SSSR count). The fourth-order valence-electron chi connectivity index (χ4n) is 8.64. The number of carbonyl (C=O) groups is 4. The van der Waals surface area contributed by atoms with Gasteiger partial charge in [0, 0.05) is 54.0 Å². The number of methoxy groups -OCH3 is 1. The molecule has 3 aromatic heterocycles. The first-order valence-electron chi connectivity index (χ1n) is 25.3. The van der Waals surface area contributed by atoms with Crippen LogP contribution < -0.4 is 33.7 Å². The molecule has 0 aliphatic heterocycles. The number of carbonyl (C=O) groups excluding carboxylic acids is 4. The van der Waals surface area contributed by atoms with Crippen LogP contribution in [0.4, 0.5) is 0 Å². The largest absolute Gasteiger partial charge is 0.464 e. The molecule has 0 bridgehead atoms. The summed E-state index contributed by atoms with van der Waals surface area (Å²) in [6, 6.07) is 20.2. The molecule has 0 atom stereocenters. The van der Waals surface area contributed by atoms with Crippen LogP contribution in [0.5, 0.6) is 0 Å². The van der Waals surface area contributed by atoms with E-state index in [1.807, 2.05) is 18.2 Å². The SMILES string of the molecule is CC(=O)OCCn1c(C(=O)c2cc(C)cc(C#N)c2)c(C(C)C)c(=O)[nH]c1=O.CCOCn1c(C(=O)c2cc(C)cc(C#N)c2)c(C(C)C)c(=O)[nH]c1=O.COCCn1c(C(=O)c2cc(C)cc(C#N)c2)c(C(C)C)c(=O)[nH]c1=O. The summed E-state index contributed by atoms with van der Waals surface area (Å²) in [7, 11) is 1.49. The van der Waals surface area contributed by atoms with E-state index in [9.17, 15) is 53.2 Å². The topological polar surface area (TPSA) is 332 Å². The van der Waals surface area contributed by atoms with Gasteiger partial charge in [-0.25, -0.2) is 14.4 Å². The number of esters is 1. The van der Waals surface area contributed by atoms with Crippen LogP contribution >= 0.6 is 0 Å². The highest BCUT2D eigenvalue weighted by atomic mass is 16.5. The van der Waals surface area contributed by atoms with Crippen LogP contribution in [0.15, 0.2) is 83.4 Å². The van der Waals surface area contributed by atoms with Crippen LogP contribution in [0, 0.1) is 54.8 Å². The summed E-state index contributed by atoms with van der Waals surface area (Å²) in [6.45, 7) is 19.2. The van der Waals surface area contributed by atoms with Gasteiger partial charge in [0.1, 0.15) is 30.4 Å². The highest BCUT2D eigenvalue weighted by molar-refractivity contribution is 6.10. The number of nitrogens with zero attached hydrogens (tertiary/aromatic N) is 6. The Morgan fingerprint density at radius 1 is 0.512 bits per heavy atom. The Kier molecular flexibility index (Phi) is 22.3. The minimum Gasteiger partial charge on any atom is -0.464 e. The predicted molar refractivity (Wildman–Crippen MR) is 294 cm³/mol. The zero-order valence-electron chi connectivity index (χ0n) is 46.7. The van der Waals surface area contributed by atoms with E-state index in [-0.39, 0.29) is 101 Å². The van der Waals surface area contributed by atoms with Gasteiger partial charge in [-0.15, -0.1) is 0 Å². The number of aromatic amines is 3. The van der Waals surface area contributed by atoms with E-state index in [0.717, 1.165) is 20.3 Å². The molecular formula is C58H63N9O13. The fourth-order valence-corrected chi connectivity index (χ4v) is 8.64. The van der Waals surface area contributed by atoms with E-state index in [1.54, 1.807) is 106 Å². The van der Waals surface area contributed by atoms with Gasteiger partial charge in [0.2, 0.25) is 17.3 Å². The normalized spacial score (nSPS) is 10.7. The smallest absolute Gasteiger partial charge is 0.330 e. The van der Waals surface area contributed by atoms with Gasteiger partial charge in [0.15, 0.2) is 0 Å². The van der Waals surface area contributed by atoms with Gasteiger partial charge in [-0.05, 0) is 117 Å². The van der Waals surface area contributed by atoms with E-state index >= 15 is 0 Å². The van der Waals surface area contributed by atoms with E-state index in [2.05, 4.69) is 15.0 Å². The fraction of sp³-hybridized carbons (Fsp3) is 0.362. The Balaban J connectivity index is 0.000000259. The molecule has 3 heterocycles. The lowest BCUT2D eigenvalue weighted by molar-refractivity contribution is -0.141. The van der Waals surface area contributed by atoms with E-state index in [4.69, 9.17) is 24.7 Å². The number of aromatic nitrogens is 6. The molecule has 0 amide bonds. The van der Waals surface area contributed by atoms with Gasteiger partial charge in [-0.1, -0.05) is 41.5 Å². The van der Waals surface area contributed by atoms with Gasteiger partial charge in [-0.3, -0.25) is 62.2 Å². The summed E-state index contributed by atoms with van der Waals surface area (Å²) < 4.78 is 18.7. The van der Waals surface area contributed by atoms with Crippen LogP contribution in [0.25, 0.3) is 0 Å². The predicted octanol–water partition coefficient (Wildman–Crippen LogP) is 5.42. The summed E-state index contributed by atoms with van der Waals surface area (Å²) in [5.74, 6) is -2.92. The Hall–Kier alpha value is -9.43. The average Bonchev–Trinajstić information content (AvgIpc) is 3.39. The molecule has 22 heteroatoms. The lowest BCUT2D eigenvalue weighted by Gasteiger charge is -2.17. The summed E-state index contributed by atoms with van der Waals surface area (Å²) in [5, 5.41) is 27.5. The third-order valence-corrected chi connectivity index (χ3v) is 12.1. The first-order valence-corrected chi connectivity index (χ1v) is 25.3. The molecule has 6 aromatic rings. The number of ketones is 3. The second-order valence-corrected chi connectivity index (χ2v) is 19.3. The maximum Gasteiger partial charge on any atom is 0.330 e. The highest BCUT2D eigenvalue weighted by Gasteiger charge is 2.28. The summed E-state index contributed by atoms with van der Waals surface area (Å²) in [4.78, 5) is 132. The van der Waals surface area contributed by atoms with Crippen LogP contribution in [0.1, 0.15) is 171 Å². The van der Waals surface area contributed by atoms with Crippen molar-refractivity contribution in [3.05, 3.63) is 201 Å². The molecule has 418 valence electrons. The van der Waals surface area contributed by atoms with Crippen molar-refractivity contribution >= 4 is 23.3 Å². The number of hydrogen-bond donors (Lipinski definition) is 3. The van der Waals surface area contributed by atoms with Crippen LogP contribution in [0.3, 0.4) is 0 Å². The third-order valence-electron chi connectivity index (χ3n) is 12.1. The molecule has 3 aromatic carbocycles. The summed E-state index contributed by atoms with van der Waals surface area (Å²) >= 11 is 0. The monoisotopic (exact) mass is 1090 g/mol. The zero-order chi connectivity index (χ0) is 59.9. The van der Waals surface area contributed by atoms with Crippen molar-refractivity contribution in [3.8, 4) is 18.2 Å². The van der Waals surface area contributed by atoms with Crippen molar-refractivity contribution in [1.82, 2.24) is 28.7 Å². The molecule has 0 fully saturated rings. The Bertz CT molecular complexity index is 3700. The molecule has 0 aliphatic carbocycles. The first-order chi connectivity index (χ1) is 37.7. The molecule has 0 aliphatic rings. The Labute approximate surface area is 459 Å². The number of nitriles is 3. The van der Waals surface area contributed by atoms with Crippen LogP contribution in [0.2, 0.25) is 0 Å². The van der Waals surface area contributed by atoms with Crippen LogP contribution in [-0.2, 0) is 38.8 Å². The molecule has 80 heavy (non-hydrogen) atoms. The maximum absolute atomic E-state index is 13.3. The molecule has 0 radical (unpaired) electrons. The lowest BCUT2D eigenvalue weighted by Crippen LogP contribution is -2.38.